The van der Waals surface area contributed by atoms with E-state index in [9.17, 15) is 15.3 Å². The molecule has 1 aliphatic carbocycles. The maximum Gasteiger partial charge on any atom is 0.0649 e. The Morgan fingerprint density at radius 3 is 2.25 bits per heavy atom. The number of aliphatic hydroxyl groups excluding tert-OH is 3. The second-order valence-corrected chi connectivity index (χ2v) is 5.38. The number of aliphatic hydroxyl groups is 3. The molecule has 1 saturated carbocycles. The predicted octanol–water partition coefficient (Wildman–Crippen LogP) is 1.41. The van der Waals surface area contributed by atoms with Crippen LogP contribution in [0.15, 0.2) is 0 Å². The second-order valence-electron chi connectivity index (χ2n) is 5.38. The first kappa shape index (κ1) is 13.9. The van der Waals surface area contributed by atoms with Crippen LogP contribution in [0, 0.1) is 23.7 Å². The lowest BCUT2D eigenvalue weighted by Gasteiger charge is -2.26. The summed E-state index contributed by atoms with van der Waals surface area (Å²) in [5.74, 6) is 0.0841. The molecule has 0 heterocycles. The second kappa shape index (κ2) is 5.99. The van der Waals surface area contributed by atoms with Crippen LogP contribution in [-0.2, 0) is 0 Å². The highest BCUT2D eigenvalue weighted by atomic mass is 16.3. The van der Waals surface area contributed by atoms with Gasteiger partial charge >= 0.3 is 0 Å². The lowest BCUT2D eigenvalue weighted by atomic mass is 9.84. The molecule has 1 rings (SSSR count). The Bertz CT molecular complexity index is 207. The first-order valence-corrected chi connectivity index (χ1v) is 6.51. The van der Waals surface area contributed by atoms with E-state index in [1.165, 1.54) is 0 Å². The van der Waals surface area contributed by atoms with Gasteiger partial charge in [-0.2, -0.15) is 0 Å². The van der Waals surface area contributed by atoms with Gasteiger partial charge in [0.1, 0.15) is 0 Å². The maximum absolute atomic E-state index is 10.1. The van der Waals surface area contributed by atoms with Crippen LogP contribution < -0.4 is 0 Å². The normalized spacial score (nSPS) is 41.2. The van der Waals surface area contributed by atoms with E-state index in [2.05, 4.69) is 13.8 Å². The molecule has 0 bridgehead atoms. The average Bonchev–Trinajstić information content (AvgIpc) is 2.47. The molecule has 0 spiro atoms. The molecule has 3 N–H and O–H groups in total. The van der Waals surface area contributed by atoms with Crippen molar-refractivity contribution in [2.24, 2.45) is 23.7 Å². The molecule has 96 valence electrons. The summed E-state index contributed by atoms with van der Waals surface area (Å²) >= 11 is 0. The van der Waals surface area contributed by atoms with Gasteiger partial charge in [0.15, 0.2) is 0 Å². The molecule has 3 heteroatoms. The highest BCUT2D eigenvalue weighted by Gasteiger charge is 2.48. The van der Waals surface area contributed by atoms with Gasteiger partial charge in [-0.15, -0.1) is 0 Å². The van der Waals surface area contributed by atoms with E-state index < -0.39 is 12.2 Å². The van der Waals surface area contributed by atoms with Gasteiger partial charge in [0.05, 0.1) is 12.2 Å². The molecule has 6 atom stereocenters. The molecular formula is C13H26O3. The molecule has 0 amide bonds. The lowest BCUT2D eigenvalue weighted by molar-refractivity contribution is 0.0125. The Kier molecular flexibility index (Phi) is 5.22. The summed E-state index contributed by atoms with van der Waals surface area (Å²) in [6.07, 6.45) is 2.29. The fraction of sp³-hybridized carbons (Fsp3) is 1.00. The standard InChI is InChI=1S/C13H26O3/c1-4-5-6-8(2)11-12(15)9(3)10(7-14)13(11)16/h8-16H,4-7H2,1-3H3. The predicted molar refractivity (Wildman–Crippen MR) is 63.9 cm³/mol. The molecule has 16 heavy (non-hydrogen) atoms. The van der Waals surface area contributed by atoms with Gasteiger partial charge in [-0.25, -0.2) is 0 Å². The van der Waals surface area contributed by atoms with Crippen molar-refractivity contribution in [1.82, 2.24) is 0 Å². The highest BCUT2D eigenvalue weighted by molar-refractivity contribution is 4.97. The number of unbranched alkanes of at least 4 members (excludes halogenated alkanes) is 1. The first-order chi connectivity index (χ1) is 7.54. The average molecular weight is 230 g/mol. The molecule has 0 radical (unpaired) electrons. The summed E-state index contributed by atoms with van der Waals surface area (Å²) < 4.78 is 0. The van der Waals surface area contributed by atoms with Crippen molar-refractivity contribution in [2.45, 2.75) is 52.2 Å². The van der Waals surface area contributed by atoms with E-state index in [1.54, 1.807) is 0 Å². The van der Waals surface area contributed by atoms with Gasteiger partial charge in [-0.3, -0.25) is 0 Å². The SMILES string of the molecule is CCCCC(C)C1C(O)C(C)C(CO)C1O. The van der Waals surface area contributed by atoms with Crippen LogP contribution >= 0.6 is 0 Å². The number of hydrogen-bond acceptors (Lipinski definition) is 3. The van der Waals surface area contributed by atoms with Gasteiger partial charge in [0, 0.05) is 18.4 Å². The largest absolute Gasteiger partial charge is 0.396 e. The zero-order valence-electron chi connectivity index (χ0n) is 10.6. The van der Waals surface area contributed by atoms with Crippen LogP contribution in [0.25, 0.3) is 0 Å². The minimum absolute atomic E-state index is 0.00548. The van der Waals surface area contributed by atoms with Crippen molar-refractivity contribution >= 4 is 0 Å². The van der Waals surface area contributed by atoms with Crippen molar-refractivity contribution in [3.8, 4) is 0 Å². The Labute approximate surface area is 98.5 Å². The molecule has 1 fully saturated rings. The summed E-state index contributed by atoms with van der Waals surface area (Å²) in [5, 5.41) is 29.5. The fourth-order valence-corrected chi connectivity index (χ4v) is 3.07. The third-order valence-electron chi connectivity index (χ3n) is 4.32. The summed E-state index contributed by atoms with van der Waals surface area (Å²) in [6.45, 7) is 6.13. The molecule has 0 saturated heterocycles. The zero-order chi connectivity index (χ0) is 12.3. The van der Waals surface area contributed by atoms with Crippen molar-refractivity contribution in [3.63, 3.8) is 0 Å². The monoisotopic (exact) mass is 230 g/mol. The van der Waals surface area contributed by atoms with E-state index in [-0.39, 0.29) is 24.4 Å². The smallest absolute Gasteiger partial charge is 0.0649 e. The minimum Gasteiger partial charge on any atom is -0.396 e. The molecule has 3 nitrogen and oxygen atoms in total. The molecule has 6 unspecified atom stereocenters. The Morgan fingerprint density at radius 2 is 1.81 bits per heavy atom. The van der Waals surface area contributed by atoms with Crippen LogP contribution in [0.1, 0.15) is 40.0 Å². The number of hydrogen-bond donors (Lipinski definition) is 3. The van der Waals surface area contributed by atoms with E-state index in [1.807, 2.05) is 6.92 Å². The summed E-state index contributed by atoms with van der Waals surface area (Å²) in [4.78, 5) is 0. The molecule has 1 aliphatic rings. The van der Waals surface area contributed by atoms with E-state index in [0.29, 0.717) is 5.92 Å². The maximum atomic E-state index is 10.1. The van der Waals surface area contributed by atoms with Crippen LogP contribution in [0.2, 0.25) is 0 Å². The summed E-state index contributed by atoms with van der Waals surface area (Å²) in [5.41, 5.74) is 0. The van der Waals surface area contributed by atoms with Crippen molar-refractivity contribution in [3.05, 3.63) is 0 Å². The Morgan fingerprint density at radius 1 is 1.19 bits per heavy atom. The molecule has 0 aliphatic heterocycles. The van der Waals surface area contributed by atoms with Gasteiger partial charge in [0.25, 0.3) is 0 Å². The van der Waals surface area contributed by atoms with E-state index >= 15 is 0 Å². The molecular weight excluding hydrogens is 204 g/mol. The van der Waals surface area contributed by atoms with E-state index in [0.717, 1.165) is 19.3 Å². The number of rotatable bonds is 5. The van der Waals surface area contributed by atoms with Gasteiger partial charge in [-0.05, 0) is 11.8 Å². The van der Waals surface area contributed by atoms with Crippen LogP contribution in [0.5, 0.6) is 0 Å². The van der Waals surface area contributed by atoms with Crippen LogP contribution in [0.3, 0.4) is 0 Å². The third-order valence-corrected chi connectivity index (χ3v) is 4.32. The van der Waals surface area contributed by atoms with Crippen molar-refractivity contribution in [2.75, 3.05) is 6.61 Å². The quantitative estimate of drug-likeness (QED) is 0.669. The van der Waals surface area contributed by atoms with Gasteiger partial charge < -0.3 is 15.3 Å². The van der Waals surface area contributed by atoms with Crippen LogP contribution in [-0.4, -0.2) is 34.1 Å². The van der Waals surface area contributed by atoms with Gasteiger partial charge in [-0.1, -0.05) is 40.0 Å². The Hall–Kier alpha value is -0.120. The molecule has 0 aromatic rings. The fourth-order valence-electron chi connectivity index (χ4n) is 3.07. The topological polar surface area (TPSA) is 60.7 Å². The lowest BCUT2D eigenvalue weighted by Crippen LogP contribution is -2.31. The minimum atomic E-state index is -0.554. The first-order valence-electron chi connectivity index (χ1n) is 6.51. The van der Waals surface area contributed by atoms with Crippen molar-refractivity contribution < 1.29 is 15.3 Å². The van der Waals surface area contributed by atoms with E-state index in [4.69, 9.17) is 0 Å². The van der Waals surface area contributed by atoms with Crippen LogP contribution in [0.4, 0.5) is 0 Å². The highest BCUT2D eigenvalue weighted by Crippen LogP contribution is 2.41. The summed E-state index contributed by atoms with van der Waals surface area (Å²) in [7, 11) is 0. The third kappa shape index (κ3) is 2.58. The Balaban J connectivity index is 2.65. The van der Waals surface area contributed by atoms with Crippen molar-refractivity contribution in [1.29, 1.82) is 0 Å². The van der Waals surface area contributed by atoms with Gasteiger partial charge in [0.2, 0.25) is 0 Å². The summed E-state index contributed by atoms with van der Waals surface area (Å²) in [6, 6.07) is 0. The zero-order valence-corrected chi connectivity index (χ0v) is 10.6. The molecule has 0 aromatic heterocycles. The molecule has 0 aromatic carbocycles.